The van der Waals surface area contributed by atoms with E-state index in [1.54, 1.807) is 18.3 Å². The van der Waals surface area contributed by atoms with Gasteiger partial charge in [-0.3, -0.25) is 4.79 Å². The van der Waals surface area contributed by atoms with Crippen LogP contribution in [0.2, 0.25) is 5.02 Å². The molecule has 0 aliphatic carbocycles. The van der Waals surface area contributed by atoms with E-state index >= 15 is 0 Å². The van der Waals surface area contributed by atoms with Gasteiger partial charge in [-0.05, 0) is 30.2 Å². The summed E-state index contributed by atoms with van der Waals surface area (Å²) in [5, 5.41) is 3.61. The van der Waals surface area contributed by atoms with E-state index in [2.05, 4.69) is 10.3 Å². The van der Waals surface area contributed by atoms with Gasteiger partial charge >= 0.3 is 0 Å². The molecule has 0 spiro atoms. The highest BCUT2D eigenvalue weighted by molar-refractivity contribution is 6.30. The molecule has 1 saturated heterocycles. The fourth-order valence-corrected chi connectivity index (χ4v) is 2.59. The summed E-state index contributed by atoms with van der Waals surface area (Å²) in [5.74, 6) is 0.315. The number of aromatic nitrogens is 1. The lowest BCUT2D eigenvalue weighted by Gasteiger charge is -2.11. The van der Waals surface area contributed by atoms with Crippen LogP contribution in [-0.2, 0) is 11.2 Å². The quantitative estimate of drug-likeness (QED) is 0.873. The van der Waals surface area contributed by atoms with Crippen LogP contribution < -0.4 is 10.1 Å². The van der Waals surface area contributed by atoms with Crippen molar-refractivity contribution >= 4 is 17.5 Å². The van der Waals surface area contributed by atoms with Crippen molar-refractivity contribution in [3.63, 3.8) is 0 Å². The highest BCUT2D eigenvalue weighted by atomic mass is 35.5. The minimum Gasteiger partial charge on any atom is -0.472 e. The smallest absolute Gasteiger partial charge is 0.251 e. The van der Waals surface area contributed by atoms with Crippen LogP contribution in [0.5, 0.6) is 5.88 Å². The number of carbonyl (C=O) groups excluding carboxylic acids is 1. The van der Waals surface area contributed by atoms with Crippen LogP contribution in [0.1, 0.15) is 22.3 Å². The Bertz CT molecular complexity index is 685. The molecule has 1 aliphatic heterocycles. The fourth-order valence-electron chi connectivity index (χ4n) is 2.47. The second kappa shape index (κ2) is 8.13. The molecule has 2 aromatic rings. The van der Waals surface area contributed by atoms with Gasteiger partial charge in [-0.15, -0.1) is 0 Å². The molecule has 1 atom stereocenters. The SMILES string of the molecule is O=C(NCCc1ccc(Cl)cc1)c1ccnc(OC2CCOC2)c1. The van der Waals surface area contributed by atoms with Gasteiger partial charge in [0.05, 0.1) is 13.2 Å². The molecular formula is C18H19ClN2O3. The third kappa shape index (κ3) is 4.69. The number of hydrogen-bond acceptors (Lipinski definition) is 4. The zero-order chi connectivity index (χ0) is 16.8. The van der Waals surface area contributed by atoms with E-state index in [0.29, 0.717) is 36.2 Å². The van der Waals surface area contributed by atoms with Gasteiger partial charge in [-0.2, -0.15) is 0 Å². The molecule has 126 valence electrons. The van der Waals surface area contributed by atoms with E-state index in [4.69, 9.17) is 21.1 Å². The van der Waals surface area contributed by atoms with Crippen LogP contribution >= 0.6 is 11.6 Å². The summed E-state index contributed by atoms with van der Waals surface area (Å²) >= 11 is 5.86. The monoisotopic (exact) mass is 346 g/mol. The molecule has 1 amide bonds. The van der Waals surface area contributed by atoms with Crippen molar-refractivity contribution < 1.29 is 14.3 Å². The van der Waals surface area contributed by atoms with Gasteiger partial charge in [0, 0.05) is 35.8 Å². The van der Waals surface area contributed by atoms with Gasteiger partial charge < -0.3 is 14.8 Å². The van der Waals surface area contributed by atoms with Gasteiger partial charge in [0.2, 0.25) is 5.88 Å². The Labute approximate surface area is 145 Å². The largest absolute Gasteiger partial charge is 0.472 e. The first-order valence-corrected chi connectivity index (χ1v) is 8.31. The Hall–Kier alpha value is -2.11. The summed E-state index contributed by atoms with van der Waals surface area (Å²) in [6.07, 6.45) is 3.19. The van der Waals surface area contributed by atoms with Crippen molar-refractivity contribution in [1.29, 1.82) is 0 Å². The van der Waals surface area contributed by atoms with Crippen LogP contribution in [0, 0.1) is 0 Å². The molecule has 1 N–H and O–H groups in total. The predicted octanol–water partition coefficient (Wildman–Crippen LogP) is 2.88. The molecule has 6 heteroatoms. The predicted molar refractivity (Wildman–Crippen MR) is 91.6 cm³/mol. The average molecular weight is 347 g/mol. The highest BCUT2D eigenvalue weighted by Gasteiger charge is 2.18. The van der Waals surface area contributed by atoms with Gasteiger partial charge in [0.1, 0.15) is 6.10 Å². The maximum absolute atomic E-state index is 12.2. The Morgan fingerprint density at radius 1 is 1.33 bits per heavy atom. The highest BCUT2D eigenvalue weighted by Crippen LogP contribution is 2.15. The van der Waals surface area contributed by atoms with Crippen LogP contribution in [0.15, 0.2) is 42.6 Å². The van der Waals surface area contributed by atoms with E-state index in [0.717, 1.165) is 18.4 Å². The van der Waals surface area contributed by atoms with Crippen molar-refractivity contribution in [2.45, 2.75) is 18.9 Å². The summed E-state index contributed by atoms with van der Waals surface area (Å²) in [6, 6.07) is 10.9. The average Bonchev–Trinajstić information content (AvgIpc) is 3.10. The minimum absolute atomic E-state index is 0.0146. The first kappa shape index (κ1) is 16.7. The van der Waals surface area contributed by atoms with Crippen LogP contribution in [0.4, 0.5) is 0 Å². The fraction of sp³-hybridized carbons (Fsp3) is 0.333. The number of pyridine rings is 1. The summed E-state index contributed by atoms with van der Waals surface area (Å²) in [6.45, 7) is 1.82. The van der Waals surface area contributed by atoms with E-state index in [1.165, 1.54) is 0 Å². The Morgan fingerprint density at radius 2 is 2.17 bits per heavy atom. The van der Waals surface area contributed by atoms with Crippen LogP contribution in [0.25, 0.3) is 0 Å². The van der Waals surface area contributed by atoms with E-state index in [-0.39, 0.29) is 12.0 Å². The van der Waals surface area contributed by atoms with E-state index in [9.17, 15) is 4.79 Å². The number of rotatable bonds is 6. The molecule has 1 aromatic heterocycles. The van der Waals surface area contributed by atoms with Crippen molar-refractivity contribution in [2.24, 2.45) is 0 Å². The second-order valence-electron chi connectivity index (χ2n) is 5.62. The number of ether oxygens (including phenoxy) is 2. The van der Waals surface area contributed by atoms with Gasteiger partial charge in [-0.1, -0.05) is 23.7 Å². The molecule has 3 rings (SSSR count). The molecule has 2 heterocycles. The molecular weight excluding hydrogens is 328 g/mol. The van der Waals surface area contributed by atoms with E-state index in [1.807, 2.05) is 24.3 Å². The van der Waals surface area contributed by atoms with Gasteiger partial charge in [0.15, 0.2) is 0 Å². The molecule has 0 saturated carbocycles. The molecule has 1 aliphatic rings. The first-order chi connectivity index (χ1) is 11.7. The Kier molecular flexibility index (Phi) is 5.67. The number of nitrogens with zero attached hydrogens (tertiary/aromatic N) is 1. The molecule has 0 radical (unpaired) electrons. The molecule has 5 nitrogen and oxygen atoms in total. The summed E-state index contributed by atoms with van der Waals surface area (Å²) in [5.41, 5.74) is 1.66. The molecule has 0 bridgehead atoms. The minimum atomic E-state index is -0.140. The molecule has 1 unspecified atom stereocenters. The number of amides is 1. The van der Waals surface area contributed by atoms with Crippen LogP contribution in [-0.4, -0.2) is 36.8 Å². The molecule has 1 aromatic carbocycles. The van der Waals surface area contributed by atoms with Crippen molar-refractivity contribution in [2.75, 3.05) is 19.8 Å². The summed E-state index contributed by atoms with van der Waals surface area (Å²) in [4.78, 5) is 16.4. The maximum atomic E-state index is 12.2. The van der Waals surface area contributed by atoms with Crippen LogP contribution in [0.3, 0.4) is 0 Å². The van der Waals surface area contributed by atoms with Crippen molar-refractivity contribution in [1.82, 2.24) is 10.3 Å². The lowest BCUT2D eigenvalue weighted by atomic mass is 10.1. The number of nitrogens with one attached hydrogen (secondary N) is 1. The standard InChI is InChI=1S/C18H19ClN2O3/c19-15-3-1-13(2-4-15)5-8-21-18(22)14-6-9-20-17(11-14)24-16-7-10-23-12-16/h1-4,6,9,11,16H,5,7-8,10,12H2,(H,21,22). The van der Waals surface area contributed by atoms with Crippen molar-refractivity contribution in [3.8, 4) is 5.88 Å². The van der Waals surface area contributed by atoms with Gasteiger partial charge in [-0.25, -0.2) is 4.98 Å². The Morgan fingerprint density at radius 3 is 2.92 bits per heavy atom. The normalized spacial score (nSPS) is 16.8. The summed E-state index contributed by atoms with van der Waals surface area (Å²) < 4.78 is 11.0. The number of halogens is 1. The lowest BCUT2D eigenvalue weighted by molar-refractivity contribution is 0.0952. The van der Waals surface area contributed by atoms with Crippen molar-refractivity contribution in [3.05, 3.63) is 58.7 Å². The van der Waals surface area contributed by atoms with Gasteiger partial charge in [0.25, 0.3) is 5.91 Å². The third-order valence-electron chi connectivity index (χ3n) is 3.78. The Balaban J connectivity index is 1.51. The molecule has 1 fully saturated rings. The summed E-state index contributed by atoms with van der Waals surface area (Å²) in [7, 11) is 0. The zero-order valence-electron chi connectivity index (χ0n) is 13.2. The molecule has 24 heavy (non-hydrogen) atoms. The second-order valence-corrected chi connectivity index (χ2v) is 6.06. The number of hydrogen-bond donors (Lipinski definition) is 1. The lowest BCUT2D eigenvalue weighted by Crippen LogP contribution is -2.26. The first-order valence-electron chi connectivity index (χ1n) is 7.94. The maximum Gasteiger partial charge on any atom is 0.251 e. The number of benzene rings is 1. The number of carbonyl (C=O) groups is 1. The van der Waals surface area contributed by atoms with E-state index < -0.39 is 0 Å². The topological polar surface area (TPSA) is 60.5 Å². The zero-order valence-corrected chi connectivity index (χ0v) is 14.0. The third-order valence-corrected chi connectivity index (χ3v) is 4.04.